The van der Waals surface area contributed by atoms with Gasteiger partial charge in [0.15, 0.2) is 0 Å². The molecule has 2 aliphatic rings. The fourth-order valence-electron chi connectivity index (χ4n) is 3.67. The van der Waals surface area contributed by atoms with Gasteiger partial charge in [-0.2, -0.15) is 11.8 Å². The van der Waals surface area contributed by atoms with Gasteiger partial charge >= 0.3 is 5.69 Å². The summed E-state index contributed by atoms with van der Waals surface area (Å²) in [5, 5.41) is 0. The summed E-state index contributed by atoms with van der Waals surface area (Å²) in [5.41, 5.74) is 1.06. The summed E-state index contributed by atoms with van der Waals surface area (Å²) >= 11 is 1.73. The van der Waals surface area contributed by atoms with Gasteiger partial charge in [0.25, 0.3) is 5.56 Å². The molecule has 3 heterocycles. The van der Waals surface area contributed by atoms with E-state index in [1.165, 1.54) is 0 Å². The molecule has 0 spiro atoms. The lowest BCUT2D eigenvalue weighted by Gasteiger charge is -2.38. The van der Waals surface area contributed by atoms with Crippen molar-refractivity contribution in [3.63, 3.8) is 0 Å². The van der Waals surface area contributed by atoms with Crippen LogP contribution in [0.15, 0.2) is 9.59 Å². The first-order valence-electron chi connectivity index (χ1n) is 8.71. The van der Waals surface area contributed by atoms with Crippen LogP contribution >= 0.6 is 11.8 Å². The van der Waals surface area contributed by atoms with E-state index in [9.17, 15) is 14.4 Å². The zero-order valence-electron chi connectivity index (χ0n) is 14.3. The molecule has 6 nitrogen and oxygen atoms in total. The van der Waals surface area contributed by atoms with Crippen LogP contribution in [0.5, 0.6) is 0 Å². The molecule has 0 aliphatic carbocycles. The van der Waals surface area contributed by atoms with Gasteiger partial charge in [0.2, 0.25) is 5.91 Å². The fourth-order valence-corrected chi connectivity index (χ4v) is 4.65. The van der Waals surface area contributed by atoms with E-state index in [1.54, 1.807) is 16.3 Å². The first-order chi connectivity index (χ1) is 11.5. The molecule has 1 fully saturated rings. The number of carbonyl (C=O) groups is 1. The number of piperidine rings is 1. The number of aromatic amines is 1. The number of fused-ring (bicyclic) bond motifs is 1. The maximum absolute atomic E-state index is 12.2. The molecular formula is C17H25N3O3S. The smallest absolute Gasteiger partial charge is 0.328 e. The average Bonchev–Trinajstić information content (AvgIpc) is 2.57. The van der Waals surface area contributed by atoms with Crippen LogP contribution in [-0.2, 0) is 23.5 Å². The SMILES string of the molecule is CC1CCC(=O)N(CCCn2c3c(c(=O)[nH]c2=O)CSCC3)C1C. The summed E-state index contributed by atoms with van der Waals surface area (Å²) < 4.78 is 1.71. The zero-order valence-corrected chi connectivity index (χ0v) is 15.2. The van der Waals surface area contributed by atoms with E-state index in [0.29, 0.717) is 31.2 Å². The number of hydrogen-bond donors (Lipinski definition) is 1. The minimum Gasteiger partial charge on any atom is -0.340 e. The fraction of sp³-hybridized carbons (Fsp3) is 0.706. The van der Waals surface area contributed by atoms with E-state index >= 15 is 0 Å². The Balaban J connectivity index is 1.72. The van der Waals surface area contributed by atoms with Crippen LogP contribution in [0.3, 0.4) is 0 Å². The van der Waals surface area contributed by atoms with Crippen molar-refractivity contribution in [2.45, 2.75) is 57.9 Å². The topological polar surface area (TPSA) is 75.2 Å². The molecule has 0 aromatic carbocycles. The molecule has 132 valence electrons. The molecule has 0 bridgehead atoms. The van der Waals surface area contributed by atoms with Gasteiger partial charge in [-0.15, -0.1) is 0 Å². The van der Waals surface area contributed by atoms with Gasteiger partial charge in [-0.1, -0.05) is 6.92 Å². The second-order valence-electron chi connectivity index (χ2n) is 6.84. The molecule has 1 aromatic rings. The Bertz CT molecular complexity index is 740. The number of thioether (sulfide) groups is 1. The van der Waals surface area contributed by atoms with Crippen LogP contribution in [0, 0.1) is 5.92 Å². The molecule has 2 unspecified atom stereocenters. The van der Waals surface area contributed by atoms with E-state index in [2.05, 4.69) is 18.8 Å². The van der Waals surface area contributed by atoms with Gasteiger partial charge in [-0.25, -0.2) is 4.79 Å². The Labute approximate surface area is 145 Å². The number of aromatic nitrogens is 2. The molecule has 1 aromatic heterocycles. The van der Waals surface area contributed by atoms with Gasteiger partial charge < -0.3 is 4.90 Å². The lowest BCUT2D eigenvalue weighted by molar-refractivity contribution is -0.137. The van der Waals surface area contributed by atoms with Gasteiger partial charge in [0.1, 0.15) is 0 Å². The lowest BCUT2D eigenvalue weighted by atomic mass is 9.91. The lowest BCUT2D eigenvalue weighted by Crippen LogP contribution is -2.47. The number of nitrogens with zero attached hydrogens (tertiary/aromatic N) is 2. The van der Waals surface area contributed by atoms with Crippen molar-refractivity contribution >= 4 is 17.7 Å². The summed E-state index contributed by atoms with van der Waals surface area (Å²) in [6.07, 6.45) is 3.07. The highest BCUT2D eigenvalue weighted by Crippen LogP contribution is 2.24. The number of carbonyl (C=O) groups excluding carboxylic acids is 1. The van der Waals surface area contributed by atoms with Gasteiger partial charge in [0, 0.05) is 42.6 Å². The average molecular weight is 351 g/mol. The minimum atomic E-state index is -0.322. The quantitative estimate of drug-likeness (QED) is 0.889. The van der Waals surface area contributed by atoms with E-state index in [0.717, 1.165) is 36.3 Å². The second-order valence-corrected chi connectivity index (χ2v) is 7.94. The van der Waals surface area contributed by atoms with Crippen LogP contribution in [0.1, 0.15) is 44.4 Å². The monoisotopic (exact) mass is 351 g/mol. The van der Waals surface area contributed by atoms with Gasteiger partial charge in [-0.3, -0.25) is 19.1 Å². The summed E-state index contributed by atoms with van der Waals surface area (Å²) in [4.78, 5) is 40.7. The molecule has 1 amide bonds. The predicted molar refractivity (Wildman–Crippen MR) is 95.4 cm³/mol. The van der Waals surface area contributed by atoms with Crippen LogP contribution in [0.2, 0.25) is 0 Å². The van der Waals surface area contributed by atoms with E-state index in [1.807, 2.05) is 4.90 Å². The second kappa shape index (κ2) is 7.17. The zero-order chi connectivity index (χ0) is 17.3. The third-order valence-electron chi connectivity index (χ3n) is 5.37. The maximum atomic E-state index is 12.2. The Morgan fingerprint density at radius 2 is 1.96 bits per heavy atom. The Morgan fingerprint density at radius 1 is 1.17 bits per heavy atom. The largest absolute Gasteiger partial charge is 0.340 e. The normalized spacial score (nSPS) is 24.1. The highest BCUT2D eigenvalue weighted by molar-refractivity contribution is 7.98. The standard InChI is InChI=1S/C17H25N3O3S/c1-11-4-5-15(21)19(12(11)2)7-3-8-20-14-6-9-24-10-13(14)16(22)18-17(20)23/h11-12H,3-10H2,1-2H3,(H,18,22,23). The van der Waals surface area contributed by atoms with Crippen molar-refractivity contribution < 1.29 is 4.79 Å². The first kappa shape index (κ1) is 17.3. The number of amides is 1. The van der Waals surface area contributed by atoms with Crippen LogP contribution in [0.4, 0.5) is 0 Å². The first-order valence-corrected chi connectivity index (χ1v) is 9.86. The predicted octanol–water partition coefficient (Wildman–Crippen LogP) is 1.36. The maximum Gasteiger partial charge on any atom is 0.328 e. The highest BCUT2D eigenvalue weighted by Gasteiger charge is 2.29. The van der Waals surface area contributed by atoms with Crippen LogP contribution in [0.25, 0.3) is 0 Å². The van der Waals surface area contributed by atoms with Gasteiger partial charge in [-0.05, 0) is 37.9 Å². The van der Waals surface area contributed by atoms with Crippen molar-refractivity contribution in [2.75, 3.05) is 12.3 Å². The molecule has 3 rings (SSSR count). The molecule has 2 aliphatic heterocycles. The third kappa shape index (κ3) is 3.31. The Hall–Kier alpha value is -1.50. The summed E-state index contributed by atoms with van der Waals surface area (Å²) in [7, 11) is 0. The molecule has 1 N–H and O–H groups in total. The minimum absolute atomic E-state index is 0.216. The molecule has 24 heavy (non-hydrogen) atoms. The Morgan fingerprint density at radius 3 is 2.75 bits per heavy atom. The van der Waals surface area contributed by atoms with Gasteiger partial charge in [0.05, 0.1) is 0 Å². The van der Waals surface area contributed by atoms with Crippen molar-refractivity contribution in [2.24, 2.45) is 5.92 Å². The summed E-state index contributed by atoms with van der Waals surface area (Å²) in [5.74, 6) is 2.34. The number of hydrogen-bond acceptors (Lipinski definition) is 4. The molecule has 2 atom stereocenters. The summed E-state index contributed by atoms with van der Waals surface area (Å²) in [6, 6.07) is 0.254. The molecular weight excluding hydrogens is 326 g/mol. The third-order valence-corrected chi connectivity index (χ3v) is 6.36. The van der Waals surface area contributed by atoms with Crippen molar-refractivity contribution in [1.29, 1.82) is 0 Å². The van der Waals surface area contributed by atoms with Crippen LogP contribution < -0.4 is 11.2 Å². The molecule has 1 saturated heterocycles. The van der Waals surface area contributed by atoms with E-state index < -0.39 is 0 Å². The summed E-state index contributed by atoms with van der Waals surface area (Å²) in [6.45, 7) is 5.50. The molecule has 7 heteroatoms. The molecule has 0 saturated carbocycles. The van der Waals surface area contributed by atoms with E-state index in [4.69, 9.17) is 0 Å². The number of nitrogens with one attached hydrogen (secondary N) is 1. The number of likely N-dealkylation sites (tertiary alicyclic amines) is 1. The van der Waals surface area contributed by atoms with Crippen molar-refractivity contribution in [3.05, 3.63) is 32.1 Å². The molecule has 0 radical (unpaired) electrons. The van der Waals surface area contributed by atoms with Crippen LogP contribution in [-0.4, -0.2) is 38.7 Å². The van der Waals surface area contributed by atoms with Crippen molar-refractivity contribution in [1.82, 2.24) is 14.5 Å². The van der Waals surface area contributed by atoms with Crippen molar-refractivity contribution in [3.8, 4) is 0 Å². The number of rotatable bonds is 4. The van der Waals surface area contributed by atoms with E-state index in [-0.39, 0.29) is 23.2 Å². The highest BCUT2D eigenvalue weighted by atomic mass is 32.2. The number of H-pyrrole nitrogens is 1. The Kier molecular flexibility index (Phi) is 5.18.